The van der Waals surface area contributed by atoms with Crippen LogP contribution in [0.15, 0.2) is 37.2 Å². The van der Waals surface area contributed by atoms with Crippen molar-refractivity contribution in [3.05, 3.63) is 45.7 Å². The molecule has 0 aliphatic heterocycles. The molecule has 3 aromatic rings. The minimum atomic E-state index is -0.923. The van der Waals surface area contributed by atoms with Crippen LogP contribution in [-0.4, -0.2) is 55.2 Å². The number of nitrogens with zero attached hydrogens (tertiary/aromatic N) is 4. The van der Waals surface area contributed by atoms with E-state index in [1.165, 1.54) is 16.7 Å². The molecule has 1 aliphatic carbocycles. The minimum absolute atomic E-state index is 0.0401. The minimum Gasteiger partial charge on any atom is -0.444 e. The predicted molar refractivity (Wildman–Crippen MR) is 113 cm³/mol. The molecular formula is C20H22FN5O6S. The number of benzene rings is 1. The van der Waals surface area contributed by atoms with Gasteiger partial charge in [0.25, 0.3) is 0 Å². The third-order valence-corrected chi connectivity index (χ3v) is 5.88. The van der Waals surface area contributed by atoms with Crippen LogP contribution < -0.4 is 11.1 Å². The monoisotopic (exact) mass is 479 g/mol. The van der Waals surface area contributed by atoms with Gasteiger partial charge in [0.15, 0.2) is 10.7 Å². The normalized spacial score (nSPS) is 16.1. The number of ether oxygens (including phenoxy) is 1. The number of aliphatic hydroxyl groups is 1. The van der Waals surface area contributed by atoms with Crippen LogP contribution in [0.4, 0.5) is 9.18 Å². The summed E-state index contributed by atoms with van der Waals surface area (Å²) in [5, 5.41) is 24.4. The van der Waals surface area contributed by atoms with Gasteiger partial charge in [0.05, 0.1) is 12.1 Å². The molecule has 1 amide bonds. The largest absolute Gasteiger partial charge is 0.444 e. The third kappa shape index (κ3) is 5.09. The van der Waals surface area contributed by atoms with Crippen LogP contribution in [0.3, 0.4) is 0 Å². The van der Waals surface area contributed by atoms with Crippen molar-refractivity contribution in [1.82, 2.24) is 25.4 Å². The molecule has 0 saturated carbocycles. The number of fused-ring (bicyclic) bond motifs is 1. The lowest BCUT2D eigenvalue weighted by molar-refractivity contribution is 0.0499. The number of carbonyl (C=O) groups is 1. The Balaban J connectivity index is 1.44. The average molecular weight is 479 g/mol. The van der Waals surface area contributed by atoms with Crippen molar-refractivity contribution in [2.45, 2.75) is 50.0 Å². The molecule has 1 aromatic carbocycles. The van der Waals surface area contributed by atoms with Crippen LogP contribution in [0, 0.1) is 5.82 Å². The maximum Gasteiger partial charge on any atom is 0.442 e. The Morgan fingerprint density at radius 3 is 2.94 bits per heavy atom. The van der Waals surface area contributed by atoms with Gasteiger partial charge in [-0.1, -0.05) is 23.0 Å². The Bertz CT molecular complexity index is 1220. The molecule has 11 nitrogen and oxygen atoms in total. The van der Waals surface area contributed by atoms with E-state index in [1.807, 2.05) is 0 Å². The molecule has 2 aromatic heterocycles. The Hall–Kier alpha value is -3.19. The molecule has 1 aliphatic rings. The van der Waals surface area contributed by atoms with E-state index in [0.29, 0.717) is 12.0 Å². The molecule has 33 heavy (non-hydrogen) atoms. The summed E-state index contributed by atoms with van der Waals surface area (Å²) in [6.07, 6.45) is -1.06. The maximum atomic E-state index is 13.7. The number of aromatic nitrogens is 4. The summed E-state index contributed by atoms with van der Waals surface area (Å²) < 4.78 is 29.7. The highest BCUT2D eigenvalue weighted by atomic mass is 32.2. The molecule has 13 heteroatoms. The second-order valence-electron chi connectivity index (χ2n) is 8.47. The fourth-order valence-corrected chi connectivity index (χ4v) is 4.15. The number of nitrogens with one attached hydrogen (secondary N) is 1. The predicted octanol–water partition coefficient (Wildman–Crippen LogP) is 2.15. The van der Waals surface area contributed by atoms with Crippen LogP contribution in [0.1, 0.15) is 37.9 Å². The van der Waals surface area contributed by atoms with Crippen molar-refractivity contribution in [1.29, 1.82) is 0 Å². The zero-order chi connectivity index (χ0) is 23.8. The topological polar surface area (TPSA) is 146 Å². The van der Waals surface area contributed by atoms with Crippen molar-refractivity contribution in [2.75, 3.05) is 12.3 Å². The molecule has 4 rings (SSSR count). The van der Waals surface area contributed by atoms with E-state index >= 15 is 0 Å². The molecule has 0 spiro atoms. The van der Waals surface area contributed by atoms with Gasteiger partial charge >= 0.3 is 11.8 Å². The molecular weight excluding hydrogens is 457 g/mol. The highest BCUT2D eigenvalue weighted by Crippen LogP contribution is 2.38. The Morgan fingerprint density at radius 2 is 2.18 bits per heavy atom. The van der Waals surface area contributed by atoms with Crippen LogP contribution >= 0.6 is 11.8 Å². The summed E-state index contributed by atoms with van der Waals surface area (Å²) in [6.45, 7) is 5.17. The average Bonchev–Trinajstić information content (AvgIpc) is 3.32. The Kier molecular flexibility index (Phi) is 6.26. The molecule has 2 atom stereocenters. The summed E-state index contributed by atoms with van der Waals surface area (Å²) in [6, 6.07) is 3.95. The van der Waals surface area contributed by atoms with E-state index < -0.39 is 35.4 Å². The first-order valence-electron chi connectivity index (χ1n) is 10.1. The summed E-state index contributed by atoms with van der Waals surface area (Å²) in [5.74, 6) is -0.898. The van der Waals surface area contributed by atoms with Crippen molar-refractivity contribution in [3.8, 4) is 11.5 Å². The molecule has 0 radical (unpaired) electrons. The summed E-state index contributed by atoms with van der Waals surface area (Å²) >= 11 is 1.10. The maximum absolute atomic E-state index is 13.7. The van der Waals surface area contributed by atoms with Crippen LogP contribution in [0.5, 0.6) is 0 Å². The molecule has 0 fully saturated rings. The van der Waals surface area contributed by atoms with Crippen molar-refractivity contribution >= 4 is 17.9 Å². The number of hydrogen-bond donors (Lipinski definition) is 2. The molecule has 0 bridgehead atoms. The first kappa shape index (κ1) is 23.0. The first-order valence-corrected chi connectivity index (χ1v) is 11.1. The van der Waals surface area contributed by atoms with Gasteiger partial charge < -0.3 is 15.2 Å². The van der Waals surface area contributed by atoms with Gasteiger partial charge in [-0.25, -0.2) is 23.2 Å². The highest BCUT2D eigenvalue weighted by Gasteiger charge is 2.34. The lowest BCUT2D eigenvalue weighted by Crippen LogP contribution is -2.37. The van der Waals surface area contributed by atoms with Gasteiger partial charge in [-0.15, -0.1) is 0 Å². The number of carbonyl (C=O) groups excluding carboxylic acids is 1. The molecule has 176 valence electrons. The van der Waals surface area contributed by atoms with Crippen molar-refractivity contribution in [2.24, 2.45) is 0 Å². The van der Waals surface area contributed by atoms with E-state index in [1.54, 1.807) is 26.8 Å². The molecule has 2 heterocycles. The summed E-state index contributed by atoms with van der Waals surface area (Å²) in [5.41, 5.74) is 1.10. The van der Waals surface area contributed by atoms with Crippen LogP contribution in [-0.2, 0) is 11.2 Å². The summed E-state index contributed by atoms with van der Waals surface area (Å²) in [7, 11) is 0. The number of thioether (sulfide) groups is 1. The smallest absolute Gasteiger partial charge is 0.442 e. The number of alkyl carbamates (subject to hydrolysis) is 1. The van der Waals surface area contributed by atoms with Gasteiger partial charge in [0.2, 0.25) is 5.82 Å². The standard InChI is InChI=1S/C20H22FN5O6S/c1-20(2,3)30-18(28)22-8-12(27)9-33-17-15(23-32-25-17)16-24-31-19(29)26(16)14-6-10-4-5-11(21)7-13(10)14/h4-5,7,12,14,27H,6,8-9H2,1-3H3,(H,22,28)/t12?,14-/m0/s1. The molecule has 0 saturated heterocycles. The highest BCUT2D eigenvalue weighted by molar-refractivity contribution is 7.99. The lowest BCUT2D eigenvalue weighted by Gasteiger charge is -2.30. The first-order chi connectivity index (χ1) is 15.6. The Labute approximate surface area is 191 Å². The SMILES string of the molecule is CC(C)(C)OC(=O)NCC(O)CSc1nonc1-c1noc(=O)n1[C@H]1Cc2ccc(F)cc21. The lowest BCUT2D eigenvalue weighted by atomic mass is 9.83. The number of hydrogen-bond acceptors (Lipinski definition) is 10. The summed E-state index contributed by atoms with van der Waals surface area (Å²) in [4.78, 5) is 24.1. The zero-order valence-corrected chi connectivity index (χ0v) is 18.9. The van der Waals surface area contributed by atoms with Crippen LogP contribution in [0.2, 0.25) is 0 Å². The van der Waals surface area contributed by atoms with Gasteiger partial charge in [-0.2, -0.15) is 0 Å². The number of rotatable bonds is 7. The van der Waals surface area contributed by atoms with Crippen LogP contribution in [0.25, 0.3) is 11.5 Å². The Morgan fingerprint density at radius 1 is 1.39 bits per heavy atom. The van der Waals surface area contributed by atoms with Gasteiger partial charge in [-0.3, -0.25) is 4.52 Å². The third-order valence-electron chi connectivity index (χ3n) is 4.79. The van der Waals surface area contributed by atoms with E-state index in [9.17, 15) is 19.1 Å². The van der Waals surface area contributed by atoms with E-state index in [2.05, 4.69) is 20.8 Å². The number of halogens is 1. The van der Waals surface area contributed by atoms with E-state index in [4.69, 9.17) is 13.9 Å². The van der Waals surface area contributed by atoms with Gasteiger partial charge in [0, 0.05) is 12.3 Å². The quantitative estimate of drug-likeness (QED) is 0.483. The fraction of sp³-hybridized carbons (Fsp3) is 0.450. The second kappa shape index (κ2) is 8.98. The number of aliphatic hydroxyl groups excluding tert-OH is 1. The van der Waals surface area contributed by atoms with Gasteiger partial charge in [0.1, 0.15) is 11.4 Å². The molecule has 2 N–H and O–H groups in total. The van der Waals surface area contributed by atoms with Crippen molar-refractivity contribution in [3.63, 3.8) is 0 Å². The van der Waals surface area contributed by atoms with Crippen molar-refractivity contribution < 1.29 is 28.2 Å². The fourth-order valence-electron chi connectivity index (χ4n) is 3.33. The number of amides is 1. The molecule has 1 unspecified atom stereocenters. The zero-order valence-electron chi connectivity index (χ0n) is 18.1. The van der Waals surface area contributed by atoms with Gasteiger partial charge in [-0.05, 0) is 60.8 Å². The van der Waals surface area contributed by atoms with E-state index in [0.717, 1.165) is 17.3 Å². The second-order valence-corrected chi connectivity index (χ2v) is 9.48. The van der Waals surface area contributed by atoms with E-state index in [-0.39, 0.29) is 28.8 Å².